The standard InChI is InChI=1S/C9H11N3/c1-2-4-8(5-3-1)9-10-6-7-11-12-9/h1-5,11H,6-7H2,(H,10,12). The molecule has 0 atom stereocenters. The largest absolute Gasteiger partial charge is 0.306 e. The van der Waals surface area contributed by atoms with E-state index >= 15 is 0 Å². The van der Waals surface area contributed by atoms with Crippen molar-refractivity contribution in [1.82, 2.24) is 10.9 Å². The Morgan fingerprint density at radius 2 is 2.00 bits per heavy atom. The third kappa shape index (κ3) is 1.46. The molecule has 0 amide bonds. The summed E-state index contributed by atoms with van der Waals surface area (Å²) in [7, 11) is 0. The van der Waals surface area contributed by atoms with Crippen molar-refractivity contribution in [2.45, 2.75) is 0 Å². The van der Waals surface area contributed by atoms with E-state index in [-0.39, 0.29) is 0 Å². The SMILES string of the molecule is c1ccc(C2=NCCNN2)cc1. The fourth-order valence-electron chi connectivity index (χ4n) is 1.17. The fourth-order valence-corrected chi connectivity index (χ4v) is 1.17. The Bertz CT molecular complexity index is 279. The Labute approximate surface area is 71.5 Å². The molecule has 1 aliphatic rings. The van der Waals surface area contributed by atoms with Crippen molar-refractivity contribution in [3.05, 3.63) is 35.9 Å². The molecule has 2 N–H and O–H groups in total. The monoisotopic (exact) mass is 161 g/mol. The van der Waals surface area contributed by atoms with Gasteiger partial charge in [0.2, 0.25) is 0 Å². The molecule has 0 aliphatic carbocycles. The first-order valence-electron chi connectivity index (χ1n) is 4.05. The second-order valence-corrected chi connectivity index (χ2v) is 2.65. The molecule has 0 aromatic heterocycles. The van der Waals surface area contributed by atoms with Crippen molar-refractivity contribution >= 4 is 5.84 Å². The number of nitrogens with one attached hydrogen (secondary N) is 2. The van der Waals surface area contributed by atoms with Gasteiger partial charge in [-0.15, -0.1) is 0 Å². The summed E-state index contributed by atoms with van der Waals surface area (Å²) in [6.45, 7) is 1.74. The first kappa shape index (κ1) is 7.31. The van der Waals surface area contributed by atoms with Gasteiger partial charge in [-0.25, -0.2) is 5.43 Å². The molecule has 12 heavy (non-hydrogen) atoms. The summed E-state index contributed by atoms with van der Waals surface area (Å²) in [6.07, 6.45) is 0. The van der Waals surface area contributed by atoms with Crippen LogP contribution >= 0.6 is 0 Å². The van der Waals surface area contributed by atoms with Crippen LogP contribution in [-0.4, -0.2) is 18.9 Å². The topological polar surface area (TPSA) is 36.4 Å². The van der Waals surface area contributed by atoms with E-state index in [1.165, 1.54) is 0 Å². The predicted octanol–water partition coefficient (Wildman–Crippen LogP) is 0.541. The number of aliphatic imine (C=N–C) groups is 1. The van der Waals surface area contributed by atoms with E-state index in [1.54, 1.807) is 0 Å². The van der Waals surface area contributed by atoms with Crippen LogP contribution in [0, 0.1) is 0 Å². The number of benzene rings is 1. The van der Waals surface area contributed by atoms with Gasteiger partial charge in [-0.05, 0) is 0 Å². The van der Waals surface area contributed by atoms with Crippen LogP contribution in [0.2, 0.25) is 0 Å². The van der Waals surface area contributed by atoms with Gasteiger partial charge in [-0.3, -0.25) is 4.99 Å². The second kappa shape index (κ2) is 3.36. The van der Waals surface area contributed by atoms with Gasteiger partial charge in [0.05, 0.1) is 6.54 Å². The number of nitrogens with zero attached hydrogens (tertiary/aromatic N) is 1. The quantitative estimate of drug-likeness (QED) is 0.630. The Morgan fingerprint density at radius 3 is 2.67 bits per heavy atom. The lowest BCUT2D eigenvalue weighted by Gasteiger charge is -2.15. The average Bonchev–Trinajstić information content (AvgIpc) is 2.21. The lowest BCUT2D eigenvalue weighted by molar-refractivity contribution is 0.627. The third-order valence-corrected chi connectivity index (χ3v) is 1.76. The van der Waals surface area contributed by atoms with Crippen LogP contribution in [0.15, 0.2) is 35.3 Å². The molecule has 0 unspecified atom stereocenters. The van der Waals surface area contributed by atoms with Gasteiger partial charge in [0.25, 0.3) is 0 Å². The van der Waals surface area contributed by atoms with Gasteiger partial charge in [-0.1, -0.05) is 30.3 Å². The first-order chi connectivity index (χ1) is 5.97. The highest BCUT2D eigenvalue weighted by atomic mass is 15.4. The summed E-state index contributed by atoms with van der Waals surface area (Å²) >= 11 is 0. The van der Waals surface area contributed by atoms with E-state index < -0.39 is 0 Å². The zero-order valence-corrected chi connectivity index (χ0v) is 6.75. The van der Waals surface area contributed by atoms with E-state index in [0.717, 1.165) is 24.5 Å². The van der Waals surface area contributed by atoms with Gasteiger partial charge < -0.3 is 5.43 Å². The number of hydrogen-bond acceptors (Lipinski definition) is 3. The maximum absolute atomic E-state index is 4.34. The Balaban J connectivity index is 2.24. The summed E-state index contributed by atoms with van der Waals surface area (Å²) in [5, 5.41) is 0. The Hall–Kier alpha value is -1.35. The third-order valence-electron chi connectivity index (χ3n) is 1.76. The van der Waals surface area contributed by atoms with E-state index in [4.69, 9.17) is 0 Å². The minimum absolute atomic E-state index is 0.844. The number of hydrogen-bond donors (Lipinski definition) is 2. The highest BCUT2D eigenvalue weighted by Gasteiger charge is 2.04. The lowest BCUT2D eigenvalue weighted by Crippen LogP contribution is -2.43. The predicted molar refractivity (Wildman–Crippen MR) is 49.0 cm³/mol. The summed E-state index contributed by atoms with van der Waals surface area (Å²) in [5.74, 6) is 0.932. The molecule has 1 aromatic rings. The molecular weight excluding hydrogens is 150 g/mol. The summed E-state index contributed by atoms with van der Waals surface area (Å²) in [4.78, 5) is 4.34. The van der Waals surface area contributed by atoms with Gasteiger partial charge >= 0.3 is 0 Å². The molecule has 0 radical (unpaired) electrons. The molecule has 1 heterocycles. The molecular formula is C9H11N3. The highest BCUT2D eigenvalue weighted by Crippen LogP contribution is 1.99. The van der Waals surface area contributed by atoms with Crippen molar-refractivity contribution in [1.29, 1.82) is 0 Å². The highest BCUT2D eigenvalue weighted by molar-refractivity contribution is 5.98. The van der Waals surface area contributed by atoms with Gasteiger partial charge in [0.15, 0.2) is 0 Å². The van der Waals surface area contributed by atoms with Crippen molar-refractivity contribution < 1.29 is 0 Å². The van der Waals surface area contributed by atoms with Crippen molar-refractivity contribution in [2.24, 2.45) is 4.99 Å². The molecule has 1 aliphatic heterocycles. The smallest absolute Gasteiger partial charge is 0.142 e. The van der Waals surface area contributed by atoms with Crippen LogP contribution in [-0.2, 0) is 0 Å². The number of rotatable bonds is 1. The molecule has 0 saturated heterocycles. The summed E-state index contributed by atoms with van der Waals surface area (Å²) < 4.78 is 0. The molecule has 0 spiro atoms. The van der Waals surface area contributed by atoms with Crippen molar-refractivity contribution in [3.63, 3.8) is 0 Å². The number of hydrazine groups is 1. The maximum atomic E-state index is 4.34. The molecule has 0 fully saturated rings. The van der Waals surface area contributed by atoms with Gasteiger partial charge in [0, 0.05) is 12.1 Å². The van der Waals surface area contributed by atoms with Crippen LogP contribution in [0.3, 0.4) is 0 Å². The van der Waals surface area contributed by atoms with E-state index in [0.29, 0.717) is 0 Å². The summed E-state index contributed by atoms with van der Waals surface area (Å²) in [5.41, 5.74) is 7.22. The average molecular weight is 161 g/mol. The van der Waals surface area contributed by atoms with E-state index in [2.05, 4.69) is 15.8 Å². The lowest BCUT2D eigenvalue weighted by atomic mass is 10.2. The van der Waals surface area contributed by atoms with Crippen molar-refractivity contribution in [3.8, 4) is 0 Å². The van der Waals surface area contributed by atoms with Crippen LogP contribution in [0.1, 0.15) is 5.56 Å². The fraction of sp³-hybridized carbons (Fsp3) is 0.222. The summed E-state index contributed by atoms with van der Waals surface area (Å²) in [6, 6.07) is 10.1. The molecule has 1 aromatic carbocycles. The van der Waals surface area contributed by atoms with E-state index in [9.17, 15) is 0 Å². The zero-order chi connectivity index (χ0) is 8.23. The molecule has 3 heteroatoms. The van der Waals surface area contributed by atoms with Crippen LogP contribution in [0.5, 0.6) is 0 Å². The molecule has 2 rings (SSSR count). The molecule has 0 saturated carbocycles. The molecule has 3 nitrogen and oxygen atoms in total. The van der Waals surface area contributed by atoms with Crippen LogP contribution in [0.4, 0.5) is 0 Å². The first-order valence-corrected chi connectivity index (χ1v) is 4.05. The van der Waals surface area contributed by atoms with Crippen molar-refractivity contribution in [2.75, 3.05) is 13.1 Å². The second-order valence-electron chi connectivity index (χ2n) is 2.65. The zero-order valence-electron chi connectivity index (χ0n) is 6.75. The Kier molecular flexibility index (Phi) is 2.05. The normalized spacial score (nSPS) is 16.5. The van der Waals surface area contributed by atoms with Gasteiger partial charge in [-0.2, -0.15) is 0 Å². The molecule has 0 bridgehead atoms. The minimum Gasteiger partial charge on any atom is -0.306 e. The number of amidine groups is 1. The van der Waals surface area contributed by atoms with E-state index in [1.807, 2.05) is 30.3 Å². The van der Waals surface area contributed by atoms with Crippen LogP contribution < -0.4 is 10.9 Å². The Morgan fingerprint density at radius 1 is 1.17 bits per heavy atom. The maximum Gasteiger partial charge on any atom is 0.142 e. The van der Waals surface area contributed by atoms with Crippen LogP contribution in [0.25, 0.3) is 0 Å². The molecule has 62 valence electrons. The van der Waals surface area contributed by atoms with Gasteiger partial charge in [0.1, 0.15) is 5.84 Å². The minimum atomic E-state index is 0.844.